The summed E-state index contributed by atoms with van der Waals surface area (Å²) in [4.78, 5) is 33.1. The molecule has 0 atom stereocenters. The molecule has 0 unspecified atom stereocenters. The van der Waals surface area contributed by atoms with Crippen molar-refractivity contribution in [3.05, 3.63) is 52.9 Å². The van der Waals surface area contributed by atoms with E-state index in [0.29, 0.717) is 23.5 Å². The van der Waals surface area contributed by atoms with Gasteiger partial charge in [-0.15, -0.1) is 0 Å². The number of rotatable bonds is 11. The number of nitrogens with one attached hydrogen (secondary N) is 2. The quantitative estimate of drug-likeness (QED) is 0.229. The molecule has 3 N–H and O–H groups in total. The van der Waals surface area contributed by atoms with E-state index in [4.69, 9.17) is 0 Å². The maximum Gasteiger partial charge on any atom is 0.335 e. The molecule has 0 bridgehead atoms. The van der Waals surface area contributed by atoms with Crippen LogP contribution in [0.5, 0.6) is 0 Å². The van der Waals surface area contributed by atoms with E-state index in [-0.39, 0.29) is 12.1 Å². The largest absolute Gasteiger partial charge is 0.478 e. The number of nitrogens with zero attached hydrogens (tertiary/aromatic N) is 3. The molecule has 8 heteroatoms. The standard InChI is InChI=1S/C29H41N5O3/c1-7-34(24-10-8-23(9-11-24)33(5)6)27-16-21(29(36)37)15-26-25(27)12-13-31-28(26)32-17-22(18-35)19(2)14-20(3)30-4/h12-16,18,23-24,30H,7-11,17H2,1-6H3,(H,31,32)(H,36,37)/b20-14-,22-19-. The molecule has 8 nitrogen and oxygen atoms in total. The lowest BCUT2D eigenvalue weighted by molar-refractivity contribution is -0.104. The zero-order valence-electron chi connectivity index (χ0n) is 23.0. The molecule has 0 amide bonds. The van der Waals surface area contributed by atoms with Gasteiger partial charge in [0.1, 0.15) is 12.1 Å². The molecule has 0 aliphatic heterocycles. The van der Waals surface area contributed by atoms with Crippen LogP contribution in [0.15, 0.2) is 47.3 Å². The maximum absolute atomic E-state index is 12.1. The number of carboxylic acids is 1. The number of aromatic nitrogens is 1. The summed E-state index contributed by atoms with van der Waals surface area (Å²) in [5.41, 5.74) is 3.57. The third-order valence-corrected chi connectivity index (χ3v) is 7.51. The number of hydrogen-bond donors (Lipinski definition) is 3. The Morgan fingerprint density at radius 2 is 1.81 bits per heavy atom. The van der Waals surface area contributed by atoms with Gasteiger partial charge in [0.15, 0.2) is 0 Å². The molecule has 1 aromatic carbocycles. The van der Waals surface area contributed by atoms with Crippen molar-refractivity contribution in [2.24, 2.45) is 0 Å². The molecule has 3 rings (SSSR count). The molecule has 1 aliphatic rings. The Morgan fingerprint density at radius 3 is 2.38 bits per heavy atom. The van der Waals surface area contributed by atoms with Gasteiger partial charge in [-0.05, 0) is 90.4 Å². The third-order valence-electron chi connectivity index (χ3n) is 7.51. The number of aromatic carboxylic acids is 1. The summed E-state index contributed by atoms with van der Waals surface area (Å²) in [5.74, 6) is -0.405. The summed E-state index contributed by atoms with van der Waals surface area (Å²) in [7, 11) is 6.11. The number of aldehydes is 1. The van der Waals surface area contributed by atoms with Crippen LogP contribution in [0, 0.1) is 0 Å². The normalized spacial score (nSPS) is 18.9. The van der Waals surface area contributed by atoms with Gasteiger partial charge in [-0.2, -0.15) is 0 Å². The SMILES string of the molecule is CCN(c1cc(C(=O)O)cc2c(NC/C(C=O)=C(C)/C=C(/C)NC)nccc12)C1CCC(N(C)C)CC1. The average molecular weight is 508 g/mol. The van der Waals surface area contributed by atoms with Gasteiger partial charge in [0.05, 0.1) is 5.56 Å². The Kier molecular flexibility index (Phi) is 9.69. The molecule has 1 aromatic heterocycles. The molecule has 0 spiro atoms. The van der Waals surface area contributed by atoms with Crippen molar-refractivity contribution in [1.82, 2.24) is 15.2 Å². The van der Waals surface area contributed by atoms with Crippen LogP contribution >= 0.6 is 0 Å². The fraction of sp³-hybridized carbons (Fsp3) is 0.483. The zero-order chi connectivity index (χ0) is 27.1. The Morgan fingerprint density at radius 1 is 1.14 bits per heavy atom. The molecule has 1 fully saturated rings. The van der Waals surface area contributed by atoms with Crippen molar-refractivity contribution in [3.8, 4) is 0 Å². The van der Waals surface area contributed by atoms with Crippen molar-refractivity contribution in [2.75, 3.05) is 44.4 Å². The number of anilines is 2. The molecule has 1 heterocycles. The first kappa shape index (κ1) is 28.2. The fourth-order valence-corrected chi connectivity index (χ4v) is 5.22. The first-order valence-electron chi connectivity index (χ1n) is 13.0. The predicted octanol–water partition coefficient (Wildman–Crippen LogP) is 4.68. The highest BCUT2D eigenvalue weighted by Crippen LogP contribution is 2.36. The van der Waals surface area contributed by atoms with Crippen LogP contribution < -0.4 is 15.5 Å². The number of allylic oxidation sites excluding steroid dienone is 3. The Labute approximate surface area is 220 Å². The van der Waals surface area contributed by atoms with E-state index in [9.17, 15) is 14.7 Å². The first-order chi connectivity index (χ1) is 17.7. The summed E-state index contributed by atoms with van der Waals surface area (Å²) >= 11 is 0. The summed E-state index contributed by atoms with van der Waals surface area (Å²) < 4.78 is 0. The minimum absolute atomic E-state index is 0.230. The molecule has 1 saturated carbocycles. The summed E-state index contributed by atoms with van der Waals surface area (Å²) in [5, 5.41) is 18.0. The van der Waals surface area contributed by atoms with Gasteiger partial charge in [-0.1, -0.05) is 0 Å². The van der Waals surface area contributed by atoms with Gasteiger partial charge < -0.3 is 25.5 Å². The minimum atomic E-state index is -0.970. The van der Waals surface area contributed by atoms with E-state index >= 15 is 0 Å². The topological polar surface area (TPSA) is 97.8 Å². The van der Waals surface area contributed by atoms with E-state index in [1.54, 1.807) is 18.3 Å². The van der Waals surface area contributed by atoms with E-state index in [1.165, 1.54) is 0 Å². The highest BCUT2D eigenvalue weighted by atomic mass is 16.4. The molecular formula is C29H41N5O3. The van der Waals surface area contributed by atoms with Crippen molar-refractivity contribution in [2.45, 2.75) is 58.5 Å². The first-order valence-corrected chi connectivity index (χ1v) is 13.0. The monoisotopic (exact) mass is 507 g/mol. The van der Waals surface area contributed by atoms with Crippen molar-refractivity contribution < 1.29 is 14.7 Å². The Bertz CT molecular complexity index is 1180. The number of benzene rings is 1. The van der Waals surface area contributed by atoms with Gasteiger partial charge >= 0.3 is 5.97 Å². The molecule has 2 aromatic rings. The zero-order valence-corrected chi connectivity index (χ0v) is 23.0. The van der Waals surface area contributed by atoms with Gasteiger partial charge in [0.2, 0.25) is 0 Å². The van der Waals surface area contributed by atoms with Crippen LogP contribution in [-0.2, 0) is 4.79 Å². The van der Waals surface area contributed by atoms with Crippen LogP contribution in [0.4, 0.5) is 11.5 Å². The average Bonchev–Trinajstić information content (AvgIpc) is 2.89. The van der Waals surface area contributed by atoms with Crippen molar-refractivity contribution in [1.29, 1.82) is 0 Å². The fourth-order valence-electron chi connectivity index (χ4n) is 5.22. The van der Waals surface area contributed by atoms with Crippen LogP contribution in [-0.4, -0.2) is 73.6 Å². The summed E-state index contributed by atoms with van der Waals surface area (Å²) in [6, 6.07) is 6.37. The minimum Gasteiger partial charge on any atom is -0.478 e. The van der Waals surface area contributed by atoms with Gasteiger partial charge in [0.25, 0.3) is 0 Å². The smallest absolute Gasteiger partial charge is 0.335 e. The van der Waals surface area contributed by atoms with Crippen LogP contribution in [0.25, 0.3) is 10.8 Å². The van der Waals surface area contributed by atoms with Crippen molar-refractivity contribution in [3.63, 3.8) is 0 Å². The molecule has 37 heavy (non-hydrogen) atoms. The number of carbonyl (C=O) groups is 2. The second-order valence-electron chi connectivity index (χ2n) is 10.0. The van der Waals surface area contributed by atoms with Gasteiger partial charge in [-0.25, -0.2) is 9.78 Å². The van der Waals surface area contributed by atoms with Gasteiger partial charge in [0, 0.05) is 66.1 Å². The van der Waals surface area contributed by atoms with Crippen LogP contribution in [0.1, 0.15) is 56.8 Å². The number of fused-ring (bicyclic) bond motifs is 1. The summed E-state index contributed by atoms with van der Waals surface area (Å²) in [6.45, 7) is 7.03. The highest BCUT2D eigenvalue weighted by molar-refractivity contribution is 6.05. The van der Waals surface area contributed by atoms with E-state index in [0.717, 1.165) is 66.2 Å². The molecular weight excluding hydrogens is 466 g/mol. The predicted molar refractivity (Wildman–Crippen MR) is 152 cm³/mol. The molecule has 0 radical (unpaired) electrons. The Balaban J connectivity index is 2.01. The van der Waals surface area contributed by atoms with E-state index in [1.807, 2.05) is 33.0 Å². The highest BCUT2D eigenvalue weighted by Gasteiger charge is 2.28. The second kappa shape index (κ2) is 12.7. The Hall–Kier alpha value is -3.39. The van der Waals surface area contributed by atoms with E-state index < -0.39 is 5.97 Å². The lowest BCUT2D eigenvalue weighted by Gasteiger charge is -2.40. The lowest BCUT2D eigenvalue weighted by Crippen LogP contribution is -2.42. The third kappa shape index (κ3) is 6.68. The van der Waals surface area contributed by atoms with Crippen molar-refractivity contribution >= 4 is 34.5 Å². The van der Waals surface area contributed by atoms with Crippen LogP contribution in [0.2, 0.25) is 0 Å². The molecule has 0 saturated heterocycles. The molecule has 200 valence electrons. The van der Waals surface area contributed by atoms with Gasteiger partial charge in [-0.3, -0.25) is 4.79 Å². The van der Waals surface area contributed by atoms with Crippen LogP contribution in [0.3, 0.4) is 0 Å². The molecule has 1 aliphatic carbocycles. The number of pyridine rings is 1. The second-order valence-corrected chi connectivity index (χ2v) is 10.0. The lowest BCUT2D eigenvalue weighted by atomic mass is 9.89. The number of hydrogen-bond acceptors (Lipinski definition) is 7. The maximum atomic E-state index is 12.1. The van der Waals surface area contributed by atoms with E-state index in [2.05, 4.69) is 46.4 Å². The number of carboxylic acid groups (broad SMARTS) is 1. The number of carbonyl (C=O) groups excluding carboxylic acids is 1. The summed E-state index contributed by atoms with van der Waals surface area (Å²) in [6.07, 6.45) is 8.90.